The summed E-state index contributed by atoms with van der Waals surface area (Å²) >= 11 is 0. The van der Waals surface area contributed by atoms with E-state index in [1.54, 1.807) is 0 Å². The maximum atomic E-state index is 10.6. The van der Waals surface area contributed by atoms with Crippen LogP contribution in [0.5, 0.6) is 0 Å². The van der Waals surface area contributed by atoms with Crippen LogP contribution in [0.2, 0.25) is 0 Å². The molecule has 13 heavy (non-hydrogen) atoms. The Kier molecular flexibility index (Phi) is 6.85. The quantitative estimate of drug-likeness (QED) is 0.428. The van der Waals surface area contributed by atoms with Crippen LogP contribution in [0.3, 0.4) is 0 Å². The van der Waals surface area contributed by atoms with Crippen molar-refractivity contribution in [2.24, 2.45) is 5.92 Å². The molecule has 0 aromatic carbocycles. The third-order valence-electron chi connectivity index (χ3n) is 2.42. The Hall–Kier alpha value is 0.910. The molecule has 0 amide bonds. The zero-order valence-electron chi connectivity index (χ0n) is 7.20. The normalized spacial score (nSPS) is 20.4. The van der Waals surface area contributed by atoms with E-state index in [2.05, 4.69) is 0 Å². The summed E-state index contributed by atoms with van der Waals surface area (Å²) in [6, 6.07) is 0. The van der Waals surface area contributed by atoms with Gasteiger partial charge in [-0.05, 0) is 18.8 Å². The van der Waals surface area contributed by atoms with Gasteiger partial charge in [0.25, 0.3) is 10.1 Å². The van der Waals surface area contributed by atoms with Crippen molar-refractivity contribution < 1.29 is 13.0 Å². The zero-order valence-corrected chi connectivity index (χ0v) is 8.02. The molecule has 3 nitrogen and oxygen atoms in total. The molecule has 1 fully saturated rings. The van der Waals surface area contributed by atoms with Crippen molar-refractivity contribution in [1.29, 1.82) is 0 Å². The van der Waals surface area contributed by atoms with E-state index in [-0.39, 0.29) is 41.2 Å². The Balaban J connectivity index is 0.00000144. The molecule has 0 unspecified atom stereocenters. The van der Waals surface area contributed by atoms with Crippen LogP contribution in [0.15, 0.2) is 0 Å². The van der Waals surface area contributed by atoms with Gasteiger partial charge < -0.3 is 0 Å². The molecule has 0 saturated heterocycles. The molecule has 0 aliphatic heterocycles. The van der Waals surface area contributed by atoms with Crippen molar-refractivity contribution in [1.82, 2.24) is 0 Å². The van der Waals surface area contributed by atoms with Crippen LogP contribution in [0.25, 0.3) is 0 Å². The van der Waals surface area contributed by atoms with Crippen LogP contribution in [-0.2, 0) is 10.1 Å². The molecular formula is C8H17NaO3S. The first-order chi connectivity index (χ1) is 5.58. The van der Waals surface area contributed by atoms with E-state index in [4.69, 9.17) is 4.55 Å². The predicted molar refractivity (Wildman–Crippen MR) is 54.8 cm³/mol. The van der Waals surface area contributed by atoms with Crippen molar-refractivity contribution in [3.63, 3.8) is 0 Å². The minimum atomic E-state index is -3.74. The van der Waals surface area contributed by atoms with Crippen molar-refractivity contribution in [2.75, 3.05) is 5.75 Å². The minimum absolute atomic E-state index is 0. The third-order valence-corrected chi connectivity index (χ3v) is 3.31. The summed E-state index contributed by atoms with van der Waals surface area (Å²) < 4.78 is 29.8. The van der Waals surface area contributed by atoms with Crippen molar-refractivity contribution >= 4 is 39.7 Å². The summed E-state index contributed by atoms with van der Waals surface area (Å²) in [5, 5.41) is 0. The monoisotopic (exact) mass is 216 g/mol. The molecule has 0 atom stereocenters. The Morgan fingerprint density at radius 3 is 1.92 bits per heavy atom. The Labute approximate surface area is 102 Å². The van der Waals surface area contributed by atoms with Gasteiger partial charge in [0.15, 0.2) is 0 Å². The van der Waals surface area contributed by atoms with Gasteiger partial charge in [0, 0.05) is 0 Å². The second-order valence-corrected chi connectivity index (χ2v) is 5.10. The molecule has 1 aliphatic carbocycles. The average molecular weight is 216 g/mol. The van der Waals surface area contributed by atoms with Gasteiger partial charge in [-0.2, -0.15) is 8.42 Å². The average Bonchev–Trinajstić information content (AvgIpc) is 2.12. The molecular weight excluding hydrogens is 199 g/mol. The van der Waals surface area contributed by atoms with Gasteiger partial charge in [0.2, 0.25) is 0 Å². The van der Waals surface area contributed by atoms with Crippen LogP contribution >= 0.6 is 0 Å². The van der Waals surface area contributed by atoms with Gasteiger partial charge in [-0.3, -0.25) is 4.55 Å². The summed E-state index contributed by atoms with van der Waals surface area (Å²) in [5.41, 5.74) is 0. The standard InChI is InChI=1S/C8H16O3S.Na.H/c9-12(10,11)7-8-5-3-1-2-4-6-8;;/h8H,1-7H2,(H,9,10,11);;. The number of hydrogen-bond donors (Lipinski definition) is 1. The number of hydrogen-bond acceptors (Lipinski definition) is 2. The van der Waals surface area contributed by atoms with E-state index in [9.17, 15) is 8.42 Å². The first-order valence-corrected chi connectivity index (χ1v) is 6.14. The molecule has 1 aliphatic rings. The molecule has 0 radical (unpaired) electrons. The maximum absolute atomic E-state index is 10.6. The summed E-state index contributed by atoms with van der Waals surface area (Å²) in [4.78, 5) is 0. The third kappa shape index (κ3) is 6.91. The molecule has 0 aromatic heterocycles. The van der Waals surface area contributed by atoms with E-state index < -0.39 is 10.1 Å². The van der Waals surface area contributed by atoms with Gasteiger partial charge in [0.05, 0.1) is 5.75 Å². The first kappa shape index (κ1) is 13.9. The van der Waals surface area contributed by atoms with Crippen LogP contribution in [-0.4, -0.2) is 48.3 Å². The first-order valence-electron chi connectivity index (χ1n) is 4.53. The van der Waals surface area contributed by atoms with Crippen LogP contribution < -0.4 is 0 Å². The van der Waals surface area contributed by atoms with Crippen LogP contribution in [0.4, 0.5) is 0 Å². The van der Waals surface area contributed by atoms with Gasteiger partial charge in [-0.1, -0.05) is 25.7 Å². The Morgan fingerprint density at radius 1 is 1.08 bits per heavy atom. The molecule has 1 rings (SSSR count). The van der Waals surface area contributed by atoms with E-state index >= 15 is 0 Å². The van der Waals surface area contributed by atoms with E-state index in [0.29, 0.717) is 0 Å². The topological polar surface area (TPSA) is 54.4 Å². The van der Waals surface area contributed by atoms with E-state index in [1.165, 1.54) is 12.8 Å². The number of rotatable bonds is 2. The summed E-state index contributed by atoms with van der Waals surface area (Å²) in [6.45, 7) is 0. The molecule has 5 heteroatoms. The van der Waals surface area contributed by atoms with Gasteiger partial charge in [-0.25, -0.2) is 0 Å². The zero-order chi connectivity index (χ0) is 9.03. The SMILES string of the molecule is O=S(=O)(O)CC1CCCCCC1.[NaH]. The Bertz CT molecular complexity index is 218. The van der Waals surface area contributed by atoms with Crippen molar-refractivity contribution in [2.45, 2.75) is 38.5 Å². The fraction of sp³-hybridized carbons (Fsp3) is 1.00. The van der Waals surface area contributed by atoms with Crippen molar-refractivity contribution in [3.8, 4) is 0 Å². The van der Waals surface area contributed by atoms with Crippen LogP contribution in [0, 0.1) is 5.92 Å². The molecule has 0 bridgehead atoms. The fourth-order valence-electron chi connectivity index (χ4n) is 1.83. The molecule has 1 N–H and O–H groups in total. The summed E-state index contributed by atoms with van der Waals surface area (Å²) in [7, 11) is -3.74. The van der Waals surface area contributed by atoms with Gasteiger partial charge in [0.1, 0.15) is 0 Å². The molecule has 74 valence electrons. The Morgan fingerprint density at radius 2 is 1.54 bits per heavy atom. The predicted octanol–water partition coefficient (Wildman–Crippen LogP) is 1.20. The molecule has 0 heterocycles. The summed E-state index contributed by atoms with van der Waals surface area (Å²) in [6.07, 6.45) is 6.56. The second kappa shape index (κ2) is 6.40. The van der Waals surface area contributed by atoms with Crippen LogP contribution in [0.1, 0.15) is 38.5 Å². The fourth-order valence-corrected chi connectivity index (χ4v) is 2.76. The van der Waals surface area contributed by atoms with Gasteiger partial charge in [-0.15, -0.1) is 0 Å². The molecule has 1 saturated carbocycles. The molecule has 0 aromatic rings. The van der Waals surface area contributed by atoms with Crippen molar-refractivity contribution in [3.05, 3.63) is 0 Å². The molecule has 0 spiro atoms. The van der Waals surface area contributed by atoms with E-state index in [1.807, 2.05) is 0 Å². The second-order valence-electron chi connectivity index (χ2n) is 3.61. The van der Waals surface area contributed by atoms with E-state index in [0.717, 1.165) is 25.7 Å². The van der Waals surface area contributed by atoms with Gasteiger partial charge >= 0.3 is 29.6 Å². The summed E-state index contributed by atoms with van der Waals surface area (Å²) in [5.74, 6) is 0.162.